The first-order valence-corrected chi connectivity index (χ1v) is 8.38. The van der Waals surface area contributed by atoms with E-state index in [4.69, 9.17) is 0 Å². The minimum atomic E-state index is -4.49. The monoisotopic (exact) mass is 363 g/mol. The van der Waals surface area contributed by atoms with Gasteiger partial charge in [-0.1, -0.05) is 29.8 Å². The number of nitrogens with one attached hydrogen (secondary N) is 1. The summed E-state index contributed by atoms with van der Waals surface area (Å²) in [5.74, 6) is 0. The summed E-state index contributed by atoms with van der Waals surface area (Å²) in [6, 6.07) is 15.6. The van der Waals surface area contributed by atoms with Crippen LogP contribution in [0.1, 0.15) is 11.3 Å². The zero-order valence-corrected chi connectivity index (χ0v) is 14.4. The lowest BCUT2D eigenvalue weighted by Crippen LogP contribution is -2.07. The summed E-state index contributed by atoms with van der Waals surface area (Å²) in [5, 5.41) is 3.80. The molecule has 1 heterocycles. The molecule has 1 N–H and O–H groups in total. The maximum atomic E-state index is 13.2. The molecule has 1 aromatic heterocycles. The van der Waals surface area contributed by atoms with Crippen molar-refractivity contribution in [2.45, 2.75) is 18.0 Å². The molecule has 0 amide bonds. The maximum Gasteiger partial charge on any atom is 0.435 e. The molecule has 25 heavy (non-hydrogen) atoms. The Labute approximate surface area is 148 Å². The predicted octanol–water partition coefficient (Wildman–Crippen LogP) is 5.09. The third kappa shape index (κ3) is 3.88. The second kappa shape index (κ2) is 6.93. The molecule has 130 valence electrons. The van der Waals surface area contributed by atoms with Crippen molar-refractivity contribution >= 4 is 11.9 Å². The summed E-state index contributed by atoms with van der Waals surface area (Å²) in [6.07, 6.45) is -4.49. The molecule has 0 spiro atoms. The standard InChI is InChI=1S/C18H16F3N3S/c1-12-3-5-13(6-4-12)16-11-17(18(19,20)21)23-24(16)14-7-9-15(10-8-14)25-22-2/h3-11,22H,1-2H3. The van der Waals surface area contributed by atoms with Gasteiger partial charge < -0.3 is 0 Å². The summed E-state index contributed by atoms with van der Waals surface area (Å²) in [6.45, 7) is 1.93. The first kappa shape index (κ1) is 17.6. The molecule has 3 aromatic rings. The van der Waals surface area contributed by atoms with Crippen molar-refractivity contribution in [3.63, 3.8) is 0 Å². The summed E-state index contributed by atoms with van der Waals surface area (Å²) in [7, 11) is 1.80. The number of aromatic nitrogens is 2. The molecule has 3 nitrogen and oxygen atoms in total. The fourth-order valence-electron chi connectivity index (χ4n) is 2.42. The van der Waals surface area contributed by atoms with Crippen LogP contribution in [0.3, 0.4) is 0 Å². The highest BCUT2D eigenvalue weighted by Gasteiger charge is 2.35. The van der Waals surface area contributed by atoms with Crippen LogP contribution in [0.25, 0.3) is 16.9 Å². The molecule has 0 atom stereocenters. The van der Waals surface area contributed by atoms with Crippen LogP contribution in [-0.2, 0) is 6.18 Å². The van der Waals surface area contributed by atoms with Gasteiger partial charge in [0, 0.05) is 10.5 Å². The Morgan fingerprint density at radius 1 is 1.00 bits per heavy atom. The Hall–Kier alpha value is -2.25. The number of benzene rings is 2. The van der Waals surface area contributed by atoms with Crippen molar-refractivity contribution in [3.05, 3.63) is 65.9 Å². The van der Waals surface area contributed by atoms with E-state index >= 15 is 0 Å². The van der Waals surface area contributed by atoms with E-state index in [0.29, 0.717) is 16.9 Å². The van der Waals surface area contributed by atoms with Crippen LogP contribution in [0, 0.1) is 6.92 Å². The molecule has 0 bridgehead atoms. The predicted molar refractivity (Wildman–Crippen MR) is 93.7 cm³/mol. The zero-order chi connectivity index (χ0) is 18.0. The van der Waals surface area contributed by atoms with Crippen LogP contribution in [0.2, 0.25) is 0 Å². The van der Waals surface area contributed by atoms with E-state index in [1.54, 1.807) is 31.3 Å². The fourth-order valence-corrected chi connectivity index (χ4v) is 2.93. The molecule has 0 aliphatic heterocycles. The van der Waals surface area contributed by atoms with Crippen molar-refractivity contribution in [2.75, 3.05) is 7.05 Å². The van der Waals surface area contributed by atoms with Crippen molar-refractivity contribution in [2.24, 2.45) is 0 Å². The fraction of sp³-hybridized carbons (Fsp3) is 0.167. The average molecular weight is 363 g/mol. The first-order valence-electron chi connectivity index (χ1n) is 7.57. The number of hydrogen-bond acceptors (Lipinski definition) is 3. The molecule has 0 unspecified atom stereocenters. The Morgan fingerprint density at radius 3 is 2.20 bits per heavy atom. The van der Waals surface area contributed by atoms with Gasteiger partial charge in [0.15, 0.2) is 5.69 Å². The molecule has 0 aliphatic carbocycles. The number of aryl methyl sites for hydroxylation is 1. The van der Waals surface area contributed by atoms with E-state index < -0.39 is 11.9 Å². The van der Waals surface area contributed by atoms with Crippen LogP contribution >= 0.6 is 11.9 Å². The van der Waals surface area contributed by atoms with Gasteiger partial charge in [0.1, 0.15) is 0 Å². The average Bonchev–Trinajstić information content (AvgIpc) is 3.02. The van der Waals surface area contributed by atoms with E-state index in [9.17, 15) is 13.2 Å². The Morgan fingerprint density at radius 2 is 1.64 bits per heavy atom. The SMILES string of the molecule is CNSc1ccc(-n2nc(C(F)(F)F)cc2-c2ccc(C)cc2)cc1. The third-order valence-corrected chi connectivity index (χ3v) is 4.36. The van der Waals surface area contributed by atoms with Crippen LogP contribution in [-0.4, -0.2) is 16.8 Å². The van der Waals surface area contributed by atoms with Crippen LogP contribution < -0.4 is 4.72 Å². The lowest BCUT2D eigenvalue weighted by atomic mass is 10.1. The molecular formula is C18H16F3N3S. The van der Waals surface area contributed by atoms with Crippen molar-refractivity contribution in [1.82, 2.24) is 14.5 Å². The Kier molecular flexibility index (Phi) is 4.87. The Balaban J connectivity index is 2.10. The highest BCUT2D eigenvalue weighted by Crippen LogP contribution is 2.33. The number of alkyl halides is 3. The van der Waals surface area contributed by atoms with Crippen molar-refractivity contribution < 1.29 is 13.2 Å². The summed E-state index contributed by atoms with van der Waals surface area (Å²) >= 11 is 1.43. The number of nitrogens with zero attached hydrogens (tertiary/aromatic N) is 2. The third-order valence-electron chi connectivity index (χ3n) is 3.65. The molecule has 0 fully saturated rings. The number of halogens is 3. The molecule has 0 radical (unpaired) electrons. The van der Waals surface area contributed by atoms with Gasteiger partial charge >= 0.3 is 6.18 Å². The normalized spacial score (nSPS) is 11.7. The van der Waals surface area contributed by atoms with E-state index in [-0.39, 0.29) is 0 Å². The molecular weight excluding hydrogens is 347 g/mol. The molecule has 0 saturated carbocycles. The van der Waals surface area contributed by atoms with Gasteiger partial charge in [0.25, 0.3) is 0 Å². The first-order chi connectivity index (χ1) is 11.9. The molecule has 2 aromatic carbocycles. The van der Waals surface area contributed by atoms with Gasteiger partial charge in [0.2, 0.25) is 0 Å². The van der Waals surface area contributed by atoms with Gasteiger partial charge in [-0.05, 0) is 56.3 Å². The van der Waals surface area contributed by atoms with E-state index in [0.717, 1.165) is 16.5 Å². The van der Waals surface area contributed by atoms with Crippen LogP contribution in [0.4, 0.5) is 13.2 Å². The minimum Gasteiger partial charge on any atom is -0.263 e. The topological polar surface area (TPSA) is 29.9 Å². The van der Waals surface area contributed by atoms with Gasteiger partial charge in [-0.3, -0.25) is 4.72 Å². The van der Waals surface area contributed by atoms with E-state index in [2.05, 4.69) is 9.82 Å². The summed E-state index contributed by atoms with van der Waals surface area (Å²) < 4.78 is 43.8. The van der Waals surface area contributed by atoms with Gasteiger partial charge in [-0.15, -0.1) is 0 Å². The highest BCUT2D eigenvalue weighted by atomic mass is 32.2. The van der Waals surface area contributed by atoms with E-state index in [1.807, 2.05) is 31.2 Å². The minimum absolute atomic E-state index is 0.404. The van der Waals surface area contributed by atoms with Crippen molar-refractivity contribution in [3.8, 4) is 16.9 Å². The van der Waals surface area contributed by atoms with Gasteiger partial charge in [0.05, 0.1) is 11.4 Å². The molecule has 3 rings (SSSR count). The number of hydrogen-bond donors (Lipinski definition) is 1. The van der Waals surface area contributed by atoms with Crippen LogP contribution in [0.15, 0.2) is 59.5 Å². The second-order valence-corrected chi connectivity index (χ2v) is 6.57. The Bertz CT molecular complexity index is 853. The largest absolute Gasteiger partial charge is 0.435 e. The number of rotatable bonds is 4. The highest BCUT2D eigenvalue weighted by molar-refractivity contribution is 7.97. The molecule has 0 aliphatic rings. The van der Waals surface area contributed by atoms with Gasteiger partial charge in [-0.2, -0.15) is 18.3 Å². The van der Waals surface area contributed by atoms with Gasteiger partial charge in [-0.25, -0.2) is 4.68 Å². The molecule has 7 heteroatoms. The van der Waals surface area contributed by atoms with Crippen molar-refractivity contribution in [1.29, 1.82) is 0 Å². The smallest absolute Gasteiger partial charge is 0.263 e. The molecule has 0 saturated heterocycles. The zero-order valence-electron chi connectivity index (χ0n) is 13.6. The lowest BCUT2D eigenvalue weighted by Gasteiger charge is -2.09. The lowest BCUT2D eigenvalue weighted by molar-refractivity contribution is -0.141. The quantitative estimate of drug-likeness (QED) is 0.655. The van der Waals surface area contributed by atoms with E-state index in [1.165, 1.54) is 16.6 Å². The summed E-state index contributed by atoms with van der Waals surface area (Å²) in [4.78, 5) is 0.964. The van der Waals surface area contributed by atoms with Crippen LogP contribution in [0.5, 0.6) is 0 Å². The summed E-state index contributed by atoms with van der Waals surface area (Å²) in [5.41, 5.74) is 1.80. The maximum absolute atomic E-state index is 13.2. The second-order valence-electron chi connectivity index (χ2n) is 5.49.